The van der Waals surface area contributed by atoms with Gasteiger partial charge >= 0.3 is 5.97 Å². The zero-order chi connectivity index (χ0) is 17.3. The molecule has 1 aromatic heterocycles. The number of amides is 1. The molecule has 1 heterocycles. The van der Waals surface area contributed by atoms with Gasteiger partial charge in [0.05, 0.1) is 18.7 Å². The maximum atomic E-state index is 13.7. The molecule has 0 bridgehead atoms. The molecule has 0 radical (unpaired) electrons. The van der Waals surface area contributed by atoms with E-state index in [9.17, 15) is 14.0 Å². The number of halogens is 1. The maximum absolute atomic E-state index is 13.7. The number of hydrogen-bond acceptors (Lipinski definition) is 5. The topological polar surface area (TPSA) is 113 Å². The molecule has 8 heteroatoms. The Hall–Kier alpha value is -2.90. The average molecular weight is 332 g/mol. The fraction of sp³-hybridized carbons (Fsp3) is 0.312. The number of primary amides is 1. The third-order valence-corrected chi connectivity index (χ3v) is 4.09. The maximum Gasteiger partial charge on any atom is 0.309 e. The number of nitrogen functional groups attached to an aromatic ring is 1. The second-order valence-electron chi connectivity index (χ2n) is 5.67. The summed E-state index contributed by atoms with van der Waals surface area (Å²) >= 11 is 0. The Kier molecular flexibility index (Phi) is 4.20. The Morgan fingerprint density at radius 3 is 2.79 bits per heavy atom. The second kappa shape index (κ2) is 6.31. The van der Waals surface area contributed by atoms with Crippen molar-refractivity contribution < 1.29 is 18.7 Å². The Balaban J connectivity index is 1.51. The van der Waals surface area contributed by atoms with Crippen molar-refractivity contribution in [2.75, 3.05) is 12.3 Å². The summed E-state index contributed by atoms with van der Waals surface area (Å²) in [4.78, 5) is 23.1. The summed E-state index contributed by atoms with van der Waals surface area (Å²) in [6, 6.07) is 6.43. The van der Waals surface area contributed by atoms with E-state index in [2.05, 4.69) is 5.10 Å². The van der Waals surface area contributed by atoms with Crippen molar-refractivity contribution in [2.45, 2.75) is 18.9 Å². The molecular formula is C16H17FN4O3. The van der Waals surface area contributed by atoms with Gasteiger partial charge in [0.25, 0.3) is 5.91 Å². The second-order valence-corrected chi connectivity index (χ2v) is 5.67. The van der Waals surface area contributed by atoms with Gasteiger partial charge in [0.1, 0.15) is 23.8 Å². The Morgan fingerprint density at radius 2 is 2.12 bits per heavy atom. The first-order valence-corrected chi connectivity index (χ1v) is 7.51. The van der Waals surface area contributed by atoms with Crippen LogP contribution in [0.4, 0.5) is 10.2 Å². The summed E-state index contributed by atoms with van der Waals surface area (Å²) in [6.07, 6.45) is 1.85. The smallest absolute Gasteiger partial charge is 0.309 e. The molecule has 0 unspecified atom stereocenters. The van der Waals surface area contributed by atoms with Crippen LogP contribution in [-0.2, 0) is 16.1 Å². The summed E-state index contributed by atoms with van der Waals surface area (Å²) in [7, 11) is 0. The third-order valence-electron chi connectivity index (χ3n) is 4.09. The first kappa shape index (κ1) is 16.0. The number of esters is 1. The Bertz CT molecular complexity index is 789. The number of nitrogens with zero attached hydrogens (tertiary/aromatic N) is 2. The van der Waals surface area contributed by atoms with Crippen LogP contribution in [0.2, 0.25) is 0 Å². The van der Waals surface area contributed by atoms with Crippen LogP contribution in [0.25, 0.3) is 0 Å². The minimum Gasteiger partial charge on any atom is -0.463 e. The summed E-state index contributed by atoms with van der Waals surface area (Å²) in [5, 5.41) is 3.92. The van der Waals surface area contributed by atoms with Crippen LogP contribution in [-0.4, -0.2) is 28.3 Å². The minimum absolute atomic E-state index is 0.0589. The number of rotatable bonds is 6. The van der Waals surface area contributed by atoms with E-state index in [0.717, 1.165) is 0 Å². The van der Waals surface area contributed by atoms with Gasteiger partial charge in [0, 0.05) is 5.92 Å². The van der Waals surface area contributed by atoms with Gasteiger partial charge in [-0.05, 0) is 18.1 Å². The standard InChI is InChI=1S/C16H17FN4O3/c17-13-4-2-1-3-9(13)10-7-11(10)16(23)24-6-5-21-14(18)12(8-20-21)15(19)22/h1-4,8,10-11H,5-7,18H2,(H2,19,22)/t10-,11+/m1/s1. The van der Waals surface area contributed by atoms with Crippen molar-refractivity contribution in [1.82, 2.24) is 9.78 Å². The van der Waals surface area contributed by atoms with E-state index in [1.807, 2.05) is 0 Å². The zero-order valence-corrected chi connectivity index (χ0v) is 12.8. The van der Waals surface area contributed by atoms with Gasteiger partial charge in [0.15, 0.2) is 0 Å². The molecule has 1 aromatic carbocycles. The number of anilines is 1. The van der Waals surface area contributed by atoms with Gasteiger partial charge in [-0.2, -0.15) is 5.10 Å². The molecule has 1 amide bonds. The highest BCUT2D eigenvalue weighted by Crippen LogP contribution is 2.48. The number of carbonyl (C=O) groups excluding carboxylic acids is 2. The number of benzene rings is 1. The normalized spacial score (nSPS) is 19.0. The van der Waals surface area contributed by atoms with E-state index in [1.165, 1.54) is 16.9 Å². The molecule has 1 saturated carbocycles. The molecule has 3 rings (SSSR count). The molecule has 0 saturated heterocycles. The SMILES string of the molecule is NC(=O)c1cnn(CCOC(=O)[C@H]2C[C@@H]2c2ccccc2F)c1N. The van der Waals surface area contributed by atoms with Crippen LogP contribution in [0.15, 0.2) is 30.5 Å². The van der Waals surface area contributed by atoms with Crippen LogP contribution in [0.1, 0.15) is 28.3 Å². The number of hydrogen-bond donors (Lipinski definition) is 2. The van der Waals surface area contributed by atoms with Gasteiger partial charge in [-0.15, -0.1) is 0 Å². The Labute approximate surface area is 137 Å². The lowest BCUT2D eigenvalue weighted by Crippen LogP contribution is -2.17. The van der Waals surface area contributed by atoms with Crippen molar-refractivity contribution in [2.24, 2.45) is 11.7 Å². The monoisotopic (exact) mass is 332 g/mol. The number of ether oxygens (including phenoxy) is 1. The highest BCUT2D eigenvalue weighted by Gasteiger charge is 2.46. The number of carbonyl (C=O) groups is 2. The molecule has 1 fully saturated rings. The predicted octanol–water partition coefficient (Wildman–Crippen LogP) is 1.05. The summed E-state index contributed by atoms with van der Waals surface area (Å²) in [6.45, 7) is 0.269. The van der Waals surface area contributed by atoms with E-state index < -0.39 is 5.91 Å². The average Bonchev–Trinajstić information content (AvgIpc) is 3.25. The summed E-state index contributed by atoms with van der Waals surface area (Å²) in [5.74, 6) is -1.66. The van der Waals surface area contributed by atoms with E-state index in [1.54, 1.807) is 18.2 Å². The minimum atomic E-state index is -0.665. The first-order valence-electron chi connectivity index (χ1n) is 7.51. The molecule has 7 nitrogen and oxygen atoms in total. The zero-order valence-electron chi connectivity index (χ0n) is 12.8. The van der Waals surface area contributed by atoms with Gasteiger partial charge in [-0.25, -0.2) is 9.07 Å². The molecule has 1 aliphatic carbocycles. The predicted molar refractivity (Wildman–Crippen MR) is 83.4 cm³/mol. The molecule has 24 heavy (non-hydrogen) atoms. The molecular weight excluding hydrogens is 315 g/mol. The third kappa shape index (κ3) is 3.08. The first-order chi connectivity index (χ1) is 11.5. The van der Waals surface area contributed by atoms with Crippen LogP contribution >= 0.6 is 0 Å². The quantitative estimate of drug-likeness (QED) is 0.768. The van der Waals surface area contributed by atoms with Gasteiger partial charge in [0.2, 0.25) is 0 Å². The lowest BCUT2D eigenvalue weighted by atomic mass is 10.1. The fourth-order valence-corrected chi connectivity index (χ4v) is 2.68. The van der Waals surface area contributed by atoms with E-state index >= 15 is 0 Å². The lowest BCUT2D eigenvalue weighted by Gasteiger charge is -2.07. The molecule has 2 atom stereocenters. The molecule has 0 spiro atoms. The van der Waals surface area contributed by atoms with E-state index in [4.69, 9.17) is 16.2 Å². The van der Waals surface area contributed by atoms with Crippen LogP contribution in [0, 0.1) is 11.7 Å². The lowest BCUT2D eigenvalue weighted by molar-refractivity contribution is -0.145. The fourth-order valence-electron chi connectivity index (χ4n) is 2.68. The summed E-state index contributed by atoms with van der Waals surface area (Å²) < 4.78 is 20.2. The molecule has 1 aliphatic rings. The van der Waals surface area contributed by atoms with E-state index in [0.29, 0.717) is 12.0 Å². The molecule has 2 aromatic rings. The van der Waals surface area contributed by atoms with Crippen molar-refractivity contribution in [1.29, 1.82) is 0 Å². The number of aromatic nitrogens is 2. The van der Waals surface area contributed by atoms with Gasteiger partial charge in [-0.3, -0.25) is 9.59 Å². The molecule has 0 aliphatic heterocycles. The highest BCUT2D eigenvalue weighted by atomic mass is 19.1. The van der Waals surface area contributed by atoms with Crippen molar-refractivity contribution in [3.63, 3.8) is 0 Å². The Morgan fingerprint density at radius 1 is 1.38 bits per heavy atom. The highest BCUT2D eigenvalue weighted by molar-refractivity contribution is 5.96. The van der Waals surface area contributed by atoms with Gasteiger partial charge < -0.3 is 16.2 Å². The van der Waals surface area contributed by atoms with Gasteiger partial charge in [-0.1, -0.05) is 18.2 Å². The molecule has 126 valence electrons. The van der Waals surface area contributed by atoms with E-state index in [-0.39, 0.29) is 48.2 Å². The van der Waals surface area contributed by atoms with Crippen LogP contribution in [0.3, 0.4) is 0 Å². The summed E-state index contributed by atoms with van der Waals surface area (Å²) in [5.41, 5.74) is 11.5. The molecule has 4 N–H and O–H groups in total. The number of nitrogens with two attached hydrogens (primary N) is 2. The van der Waals surface area contributed by atoms with Crippen LogP contribution in [0.5, 0.6) is 0 Å². The van der Waals surface area contributed by atoms with Crippen molar-refractivity contribution in [3.8, 4) is 0 Å². The van der Waals surface area contributed by atoms with Crippen LogP contribution < -0.4 is 11.5 Å². The van der Waals surface area contributed by atoms with Crippen molar-refractivity contribution in [3.05, 3.63) is 47.4 Å². The van der Waals surface area contributed by atoms with Crippen molar-refractivity contribution >= 4 is 17.7 Å². The largest absolute Gasteiger partial charge is 0.463 e.